The summed E-state index contributed by atoms with van der Waals surface area (Å²) in [7, 11) is 3.31. The quantitative estimate of drug-likeness (QED) is 0.604. The van der Waals surface area contributed by atoms with E-state index in [0.29, 0.717) is 5.02 Å². The fraction of sp³-hybridized carbons (Fsp3) is 0.182. The Labute approximate surface area is 178 Å². The monoisotopic (exact) mass is 426 g/mol. The molecule has 0 saturated heterocycles. The largest absolute Gasteiger partial charge is 0.497 e. The number of thiophene rings is 1. The lowest BCUT2D eigenvalue weighted by atomic mass is 10.0. The van der Waals surface area contributed by atoms with Gasteiger partial charge in [-0.1, -0.05) is 17.7 Å². The van der Waals surface area contributed by atoms with Gasteiger partial charge in [0.05, 0.1) is 36.4 Å². The first kappa shape index (κ1) is 18.4. The summed E-state index contributed by atoms with van der Waals surface area (Å²) in [6.45, 7) is 0. The van der Waals surface area contributed by atoms with Crippen LogP contribution in [0.15, 0.2) is 60.0 Å². The second-order valence-electron chi connectivity index (χ2n) is 6.78. The first-order valence-corrected chi connectivity index (χ1v) is 10.4. The minimum Gasteiger partial charge on any atom is -0.497 e. The van der Waals surface area contributed by atoms with E-state index in [9.17, 15) is 0 Å². The number of hydrogen-bond donors (Lipinski definition) is 1. The lowest BCUT2D eigenvalue weighted by Gasteiger charge is -2.39. The maximum Gasteiger partial charge on any atom is 0.199 e. The van der Waals surface area contributed by atoms with Crippen molar-refractivity contribution in [2.45, 2.75) is 12.3 Å². The van der Waals surface area contributed by atoms with Crippen LogP contribution in [-0.2, 0) is 0 Å². The molecule has 1 aromatic heterocycles. The van der Waals surface area contributed by atoms with Crippen LogP contribution in [-0.4, -0.2) is 19.2 Å². The molecule has 29 heavy (non-hydrogen) atoms. The molecule has 2 atom stereocenters. The normalized spacial score (nSPS) is 20.2. The van der Waals surface area contributed by atoms with Crippen LogP contribution < -0.4 is 19.6 Å². The summed E-state index contributed by atoms with van der Waals surface area (Å²) < 4.78 is 17.5. The molecule has 3 heterocycles. The molecule has 3 aromatic rings. The van der Waals surface area contributed by atoms with Crippen LogP contribution in [0.3, 0.4) is 0 Å². The van der Waals surface area contributed by atoms with Crippen molar-refractivity contribution < 1.29 is 14.2 Å². The minimum absolute atomic E-state index is 0.0320. The van der Waals surface area contributed by atoms with E-state index in [1.54, 1.807) is 25.6 Å². The third-order valence-electron chi connectivity index (χ3n) is 5.15. The second-order valence-corrected chi connectivity index (χ2v) is 8.17. The molecule has 1 N–H and O–H groups in total. The number of fused-ring (bicyclic) bond motifs is 3. The zero-order chi connectivity index (χ0) is 20.0. The van der Waals surface area contributed by atoms with E-state index in [-0.39, 0.29) is 6.04 Å². The number of hydrogen-bond acceptors (Lipinski definition) is 6. The van der Waals surface area contributed by atoms with E-state index in [1.807, 2.05) is 42.5 Å². The molecule has 5 rings (SSSR count). The number of halogens is 1. The van der Waals surface area contributed by atoms with Crippen LogP contribution in [0, 0.1) is 0 Å². The average molecular weight is 427 g/mol. The number of nitrogens with zero attached hydrogens (tertiary/aromatic N) is 1. The molecule has 0 bridgehead atoms. The van der Waals surface area contributed by atoms with Gasteiger partial charge in [-0.3, -0.25) is 0 Å². The molecule has 0 spiro atoms. The van der Waals surface area contributed by atoms with Crippen LogP contribution in [0.25, 0.3) is 5.70 Å². The molecule has 2 aromatic carbocycles. The molecular weight excluding hydrogens is 408 g/mol. The molecule has 7 heteroatoms. The highest BCUT2D eigenvalue weighted by molar-refractivity contribution is 7.11. The fourth-order valence-electron chi connectivity index (χ4n) is 3.78. The fourth-order valence-corrected chi connectivity index (χ4v) is 4.66. The first-order valence-electron chi connectivity index (χ1n) is 9.16. The van der Waals surface area contributed by atoms with Gasteiger partial charge in [0.15, 0.2) is 6.23 Å². The molecule has 0 radical (unpaired) electrons. The third-order valence-corrected chi connectivity index (χ3v) is 6.28. The van der Waals surface area contributed by atoms with E-state index >= 15 is 0 Å². The molecule has 2 aliphatic heterocycles. The number of methoxy groups -OCH3 is 2. The highest BCUT2D eigenvalue weighted by Crippen LogP contribution is 2.48. The van der Waals surface area contributed by atoms with Gasteiger partial charge in [0.2, 0.25) is 0 Å². The molecule has 2 unspecified atom stereocenters. The van der Waals surface area contributed by atoms with E-state index in [2.05, 4.69) is 28.0 Å². The summed E-state index contributed by atoms with van der Waals surface area (Å²) in [6, 6.07) is 15.6. The van der Waals surface area contributed by atoms with E-state index < -0.39 is 6.23 Å². The molecule has 5 nitrogen and oxygen atoms in total. The maximum atomic E-state index is 6.43. The summed E-state index contributed by atoms with van der Waals surface area (Å²) >= 11 is 7.99. The van der Waals surface area contributed by atoms with Crippen molar-refractivity contribution in [3.05, 3.63) is 81.0 Å². The van der Waals surface area contributed by atoms with Crippen LogP contribution in [0.2, 0.25) is 5.02 Å². The van der Waals surface area contributed by atoms with E-state index in [4.69, 9.17) is 25.8 Å². The number of benzene rings is 2. The number of ether oxygens (including phenoxy) is 3. The number of nitrogens with one attached hydrogen (secondary N) is 1. The van der Waals surface area contributed by atoms with Crippen molar-refractivity contribution in [1.82, 2.24) is 10.4 Å². The molecule has 0 aliphatic carbocycles. The first-order chi connectivity index (χ1) is 14.2. The van der Waals surface area contributed by atoms with Gasteiger partial charge >= 0.3 is 0 Å². The Morgan fingerprint density at radius 1 is 1.07 bits per heavy atom. The Morgan fingerprint density at radius 3 is 2.72 bits per heavy atom. The van der Waals surface area contributed by atoms with E-state index in [1.165, 1.54) is 4.88 Å². The van der Waals surface area contributed by atoms with Crippen molar-refractivity contribution in [3.63, 3.8) is 0 Å². The highest BCUT2D eigenvalue weighted by atomic mass is 35.5. The second kappa shape index (κ2) is 7.30. The molecular formula is C22H19ClN2O3S. The Kier molecular flexibility index (Phi) is 4.62. The molecule has 0 fully saturated rings. The Bertz CT molecular complexity index is 1080. The lowest BCUT2D eigenvalue weighted by Crippen LogP contribution is -2.43. The molecule has 148 valence electrons. The predicted octanol–water partition coefficient (Wildman–Crippen LogP) is 5.41. The zero-order valence-electron chi connectivity index (χ0n) is 15.9. The van der Waals surface area contributed by atoms with Crippen LogP contribution >= 0.6 is 22.9 Å². The van der Waals surface area contributed by atoms with Gasteiger partial charge in [-0.2, -0.15) is 5.01 Å². The van der Waals surface area contributed by atoms with Crippen molar-refractivity contribution in [1.29, 1.82) is 0 Å². The minimum atomic E-state index is -0.410. The van der Waals surface area contributed by atoms with Crippen molar-refractivity contribution >= 4 is 28.6 Å². The number of rotatable bonds is 4. The van der Waals surface area contributed by atoms with Crippen molar-refractivity contribution in [2.24, 2.45) is 0 Å². The van der Waals surface area contributed by atoms with E-state index in [0.717, 1.165) is 34.1 Å². The standard InChI is InChI=1S/C22H19ClN2O3S/c1-26-14-6-8-19(27-2)16(11-14)22-25-18(12-17(24-25)21-4-3-9-29-21)15-10-13(23)5-7-20(15)28-22/h3-12,18,22,24H,1-2H3. The van der Waals surface area contributed by atoms with Gasteiger partial charge in [-0.15, -0.1) is 11.3 Å². The smallest absolute Gasteiger partial charge is 0.199 e. The molecule has 0 saturated carbocycles. The Balaban J connectivity index is 1.63. The van der Waals surface area contributed by atoms with Crippen molar-refractivity contribution in [2.75, 3.05) is 14.2 Å². The Hall–Kier alpha value is -2.67. The van der Waals surface area contributed by atoms with Crippen molar-refractivity contribution in [3.8, 4) is 17.2 Å². The van der Waals surface area contributed by atoms with Gasteiger partial charge in [0.25, 0.3) is 0 Å². The topological polar surface area (TPSA) is 43.0 Å². The third kappa shape index (κ3) is 3.13. The summed E-state index contributed by atoms with van der Waals surface area (Å²) in [5, 5.41) is 4.84. The highest BCUT2D eigenvalue weighted by Gasteiger charge is 2.41. The summed E-state index contributed by atoms with van der Waals surface area (Å²) in [4.78, 5) is 1.17. The predicted molar refractivity (Wildman–Crippen MR) is 114 cm³/mol. The molecule has 0 amide bonds. The van der Waals surface area contributed by atoms with Gasteiger partial charge < -0.3 is 19.6 Å². The zero-order valence-corrected chi connectivity index (χ0v) is 17.5. The SMILES string of the molecule is COc1ccc(OC)c(C2Oc3ccc(Cl)cc3C3C=C(c4cccs4)NN32)c1. The molecule has 2 aliphatic rings. The summed E-state index contributed by atoms with van der Waals surface area (Å²) in [5.41, 5.74) is 6.49. The van der Waals surface area contributed by atoms with Gasteiger partial charge in [-0.05, 0) is 53.9 Å². The lowest BCUT2D eigenvalue weighted by molar-refractivity contribution is -0.0339. The summed E-state index contributed by atoms with van der Waals surface area (Å²) in [6.07, 6.45) is 1.80. The number of hydrazine groups is 1. The maximum absolute atomic E-state index is 6.43. The van der Waals surface area contributed by atoms with Crippen LogP contribution in [0.4, 0.5) is 0 Å². The average Bonchev–Trinajstić information content (AvgIpc) is 3.42. The van der Waals surface area contributed by atoms with Gasteiger partial charge in [-0.25, -0.2) is 0 Å². The van der Waals surface area contributed by atoms with Gasteiger partial charge in [0.1, 0.15) is 17.2 Å². The van der Waals surface area contributed by atoms with Crippen LogP contribution in [0.1, 0.15) is 28.3 Å². The van der Waals surface area contributed by atoms with Gasteiger partial charge in [0, 0.05) is 10.6 Å². The summed E-state index contributed by atoms with van der Waals surface area (Å²) in [5.74, 6) is 2.28. The van der Waals surface area contributed by atoms with Crippen LogP contribution in [0.5, 0.6) is 17.2 Å². The Morgan fingerprint density at radius 2 is 1.97 bits per heavy atom.